The summed E-state index contributed by atoms with van der Waals surface area (Å²) in [5.41, 5.74) is 0.483. The largest absolute Gasteiger partial charge is 0.354 e. The summed E-state index contributed by atoms with van der Waals surface area (Å²) in [5, 5.41) is 8.68. The highest BCUT2D eigenvalue weighted by Gasteiger charge is 2.19. The van der Waals surface area contributed by atoms with Crippen LogP contribution in [0.1, 0.15) is 75.6 Å². The zero-order valence-corrected chi connectivity index (χ0v) is 19.0. The molecule has 0 saturated heterocycles. The summed E-state index contributed by atoms with van der Waals surface area (Å²) in [6.45, 7) is 4.23. The second-order valence-corrected chi connectivity index (χ2v) is 8.90. The zero-order valence-electron chi connectivity index (χ0n) is 18.2. The molecule has 1 aliphatic rings. The van der Waals surface area contributed by atoms with Crippen LogP contribution in [-0.2, 0) is 9.59 Å². The maximum Gasteiger partial charge on any atom is 0.253 e. The van der Waals surface area contributed by atoms with Crippen molar-refractivity contribution < 1.29 is 14.4 Å². The fourth-order valence-corrected chi connectivity index (χ4v) is 4.40. The molecule has 30 heavy (non-hydrogen) atoms. The molecule has 6 nitrogen and oxygen atoms in total. The normalized spacial score (nSPS) is 16.1. The maximum absolute atomic E-state index is 12.7. The van der Waals surface area contributed by atoms with Gasteiger partial charge in [-0.25, -0.2) is 0 Å². The summed E-state index contributed by atoms with van der Waals surface area (Å²) in [6.07, 6.45) is 9.08. The lowest BCUT2D eigenvalue weighted by atomic mass is 9.97. The molecule has 0 spiro atoms. The summed E-state index contributed by atoms with van der Waals surface area (Å²) in [7, 11) is 0. The van der Waals surface area contributed by atoms with Gasteiger partial charge in [-0.1, -0.05) is 51.2 Å². The predicted molar refractivity (Wildman–Crippen MR) is 122 cm³/mol. The Hall–Kier alpha value is -2.02. The third-order valence-corrected chi connectivity index (χ3v) is 6.32. The lowest BCUT2D eigenvalue weighted by Gasteiger charge is -2.21. The Morgan fingerprint density at radius 1 is 1.07 bits per heavy atom. The minimum absolute atomic E-state index is 0.00750. The molecule has 1 aromatic rings. The highest BCUT2D eigenvalue weighted by Crippen LogP contribution is 2.23. The first kappa shape index (κ1) is 24.3. The Morgan fingerprint density at radius 2 is 1.73 bits per heavy atom. The molecule has 1 atom stereocenters. The van der Waals surface area contributed by atoms with E-state index in [1.807, 2.05) is 19.1 Å². The van der Waals surface area contributed by atoms with Crippen LogP contribution in [0.4, 0.5) is 0 Å². The monoisotopic (exact) mass is 433 g/mol. The van der Waals surface area contributed by atoms with Crippen molar-refractivity contribution in [1.29, 1.82) is 0 Å². The van der Waals surface area contributed by atoms with E-state index in [0.717, 1.165) is 24.2 Å². The molecule has 0 heterocycles. The van der Waals surface area contributed by atoms with Gasteiger partial charge in [-0.15, -0.1) is 11.8 Å². The number of nitrogens with one attached hydrogen (secondary N) is 3. The first-order chi connectivity index (χ1) is 14.5. The Labute approximate surface area is 184 Å². The highest BCUT2D eigenvalue weighted by atomic mass is 32.2. The van der Waals surface area contributed by atoms with Crippen LogP contribution in [-0.4, -0.2) is 42.1 Å². The van der Waals surface area contributed by atoms with Gasteiger partial charge in [0.25, 0.3) is 5.91 Å². The van der Waals surface area contributed by atoms with Crippen LogP contribution in [0.15, 0.2) is 29.2 Å². The predicted octanol–water partition coefficient (Wildman–Crippen LogP) is 3.65. The topological polar surface area (TPSA) is 87.3 Å². The van der Waals surface area contributed by atoms with Crippen LogP contribution in [0, 0.1) is 0 Å². The van der Waals surface area contributed by atoms with E-state index >= 15 is 0 Å². The smallest absolute Gasteiger partial charge is 0.253 e. The molecule has 0 aliphatic heterocycles. The molecule has 0 bridgehead atoms. The van der Waals surface area contributed by atoms with Crippen molar-refractivity contribution in [2.24, 2.45) is 0 Å². The molecule has 3 N–H and O–H groups in total. The Bertz CT molecular complexity index is 703. The molecule has 2 rings (SSSR count). The first-order valence-electron chi connectivity index (χ1n) is 11.1. The molecule has 1 saturated carbocycles. The highest BCUT2D eigenvalue weighted by molar-refractivity contribution is 8.00. The van der Waals surface area contributed by atoms with Gasteiger partial charge in [0, 0.05) is 17.5 Å². The fraction of sp³-hybridized carbons (Fsp3) is 0.609. The molecule has 0 aromatic heterocycles. The van der Waals surface area contributed by atoms with Crippen molar-refractivity contribution in [1.82, 2.24) is 16.0 Å². The summed E-state index contributed by atoms with van der Waals surface area (Å²) < 4.78 is 0. The standard InChI is InChI=1S/C23H35N3O3S/c1-3-15-24-22(28)17(2)25-23(29)19-13-9-10-14-20(19)30-16-21(27)26-18-11-7-5-4-6-8-12-18/h9-10,13-14,17-18H,3-8,11-12,15-16H2,1-2H3,(H,24,28)(H,25,29)(H,26,27)/t17-/m1/s1. The SMILES string of the molecule is CCCNC(=O)[C@@H](C)NC(=O)c1ccccc1SCC(=O)NC1CCCCCCC1. The first-order valence-corrected chi connectivity index (χ1v) is 12.1. The van der Waals surface area contributed by atoms with Crippen LogP contribution in [0.3, 0.4) is 0 Å². The summed E-state index contributed by atoms with van der Waals surface area (Å²) in [4.78, 5) is 37.9. The van der Waals surface area contributed by atoms with Crippen LogP contribution in [0.2, 0.25) is 0 Å². The van der Waals surface area contributed by atoms with Gasteiger partial charge in [-0.2, -0.15) is 0 Å². The van der Waals surface area contributed by atoms with Gasteiger partial charge in [0.2, 0.25) is 11.8 Å². The number of amides is 3. The lowest BCUT2D eigenvalue weighted by molar-refractivity contribution is -0.122. The van der Waals surface area contributed by atoms with Crippen LogP contribution in [0.5, 0.6) is 0 Å². The van der Waals surface area contributed by atoms with E-state index in [1.165, 1.54) is 43.9 Å². The van der Waals surface area contributed by atoms with Gasteiger partial charge in [-0.3, -0.25) is 14.4 Å². The summed E-state index contributed by atoms with van der Waals surface area (Å²) >= 11 is 1.36. The van der Waals surface area contributed by atoms with Crippen LogP contribution < -0.4 is 16.0 Å². The molecule has 1 aromatic carbocycles. The van der Waals surface area contributed by atoms with Gasteiger partial charge < -0.3 is 16.0 Å². The van der Waals surface area contributed by atoms with Crippen molar-refractivity contribution in [3.05, 3.63) is 29.8 Å². The number of carbonyl (C=O) groups excluding carboxylic acids is 3. The summed E-state index contributed by atoms with van der Waals surface area (Å²) in [5.74, 6) is -0.229. The van der Waals surface area contributed by atoms with Crippen LogP contribution in [0.25, 0.3) is 0 Å². The average Bonchev–Trinajstić information content (AvgIpc) is 2.72. The van der Waals surface area contributed by atoms with E-state index in [0.29, 0.717) is 12.1 Å². The van der Waals surface area contributed by atoms with Crippen molar-refractivity contribution in [3.8, 4) is 0 Å². The molecule has 0 unspecified atom stereocenters. The van der Waals surface area contributed by atoms with Crippen molar-refractivity contribution in [2.75, 3.05) is 12.3 Å². The molecule has 7 heteroatoms. The number of carbonyl (C=O) groups is 3. The summed E-state index contributed by atoms with van der Waals surface area (Å²) in [6, 6.07) is 6.84. The van der Waals surface area contributed by atoms with Crippen molar-refractivity contribution in [2.45, 2.75) is 82.2 Å². The molecule has 0 radical (unpaired) electrons. The molecular formula is C23H35N3O3S. The number of rotatable bonds is 9. The molecular weight excluding hydrogens is 398 g/mol. The van der Waals surface area contributed by atoms with E-state index in [2.05, 4.69) is 16.0 Å². The molecule has 1 fully saturated rings. The minimum atomic E-state index is -0.621. The van der Waals surface area contributed by atoms with Gasteiger partial charge in [0.15, 0.2) is 0 Å². The van der Waals surface area contributed by atoms with E-state index in [9.17, 15) is 14.4 Å². The number of benzene rings is 1. The fourth-order valence-electron chi connectivity index (χ4n) is 3.53. The number of hydrogen-bond acceptors (Lipinski definition) is 4. The number of hydrogen-bond donors (Lipinski definition) is 3. The van der Waals surface area contributed by atoms with Gasteiger partial charge in [0.05, 0.1) is 11.3 Å². The van der Waals surface area contributed by atoms with Gasteiger partial charge >= 0.3 is 0 Å². The Kier molecular flexibility index (Phi) is 10.8. The third-order valence-electron chi connectivity index (χ3n) is 5.25. The average molecular weight is 434 g/mol. The molecule has 3 amide bonds. The Balaban J connectivity index is 1.88. The lowest BCUT2D eigenvalue weighted by Crippen LogP contribution is -2.45. The zero-order chi connectivity index (χ0) is 21.8. The quantitative estimate of drug-likeness (QED) is 0.519. The van der Waals surface area contributed by atoms with Gasteiger partial charge in [-0.05, 0) is 38.3 Å². The third kappa shape index (κ3) is 8.38. The van der Waals surface area contributed by atoms with Gasteiger partial charge in [0.1, 0.15) is 6.04 Å². The second kappa shape index (κ2) is 13.3. The Morgan fingerprint density at radius 3 is 2.43 bits per heavy atom. The number of thioether (sulfide) groups is 1. The maximum atomic E-state index is 12.7. The van der Waals surface area contributed by atoms with Crippen molar-refractivity contribution >= 4 is 29.5 Å². The molecule has 166 valence electrons. The minimum Gasteiger partial charge on any atom is -0.354 e. The van der Waals surface area contributed by atoms with Crippen molar-refractivity contribution in [3.63, 3.8) is 0 Å². The second-order valence-electron chi connectivity index (χ2n) is 7.88. The van der Waals surface area contributed by atoms with E-state index < -0.39 is 6.04 Å². The van der Waals surface area contributed by atoms with E-state index in [1.54, 1.807) is 19.1 Å². The van der Waals surface area contributed by atoms with Crippen LogP contribution >= 0.6 is 11.8 Å². The van der Waals surface area contributed by atoms with E-state index in [-0.39, 0.29) is 29.5 Å². The van der Waals surface area contributed by atoms with E-state index in [4.69, 9.17) is 0 Å². The molecule has 1 aliphatic carbocycles.